The number of hydrogen-bond acceptors (Lipinski definition) is 4. The van der Waals surface area contributed by atoms with Crippen LogP contribution in [0.4, 0.5) is 5.69 Å². The lowest BCUT2D eigenvalue weighted by Gasteiger charge is -2.36. The van der Waals surface area contributed by atoms with E-state index in [0.29, 0.717) is 32.6 Å². The van der Waals surface area contributed by atoms with Gasteiger partial charge in [0.2, 0.25) is 0 Å². The highest BCUT2D eigenvalue weighted by atomic mass is 16.5. The molecule has 2 rings (SSSR count). The Hall–Kier alpha value is -1.10. The molecule has 1 heterocycles. The highest BCUT2D eigenvalue weighted by Crippen LogP contribution is 2.25. The number of benzene rings is 1. The van der Waals surface area contributed by atoms with Crippen LogP contribution in [0.2, 0.25) is 0 Å². The predicted octanol–water partition coefficient (Wildman–Crippen LogP) is 1.47. The lowest BCUT2D eigenvalue weighted by atomic mass is 9.93. The van der Waals surface area contributed by atoms with Gasteiger partial charge in [0.25, 0.3) is 0 Å². The van der Waals surface area contributed by atoms with Crippen molar-refractivity contribution >= 4 is 5.69 Å². The van der Waals surface area contributed by atoms with Crippen molar-refractivity contribution in [1.29, 1.82) is 0 Å². The van der Waals surface area contributed by atoms with Gasteiger partial charge < -0.3 is 19.8 Å². The molecule has 106 valence electrons. The molecule has 1 fully saturated rings. The summed E-state index contributed by atoms with van der Waals surface area (Å²) in [4.78, 5) is 2.07. The highest BCUT2D eigenvalue weighted by Gasteiger charge is 2.31. The number of hydrogen-bond donors (Lipinski definition) is 2. The summed E-state index contributed by atoms with van der Waals surface area (Å²) in [6, 6.07) is 5.98. The molecule has 0 spiro atoms. The van der Waals surface area contributed by atoms with E-state index < -0.39 is 5.60 Å². The van der Waals surface area contributed by atoms with E-state index in [9.17, 15) is 10.2 Å². The molecule has 19 heavy (non-hydrogen) atoms. The first-order valence-electron chi connectivity index (χ1n) is 6.76. The number of anilines is 1. The van der Waals surface area contributed by atoms with E-state index in [1.54, 1.807) is 0 Å². The van der Waals surface area contributed by atoms with E-state index in [-0.39, 0.29) is 6.61 Å². The van der Waals surface area contributed by atoms with Gasteiger partial charge in [-0.05, 0) is 30.2 Å². The third-order valence-corrected chi connectivity index (χ3v) is 3.89. The van der Waals surface area contributed by atoms with Crippen LogP contribution in [0.15, 0.2) is 18.2 Å². The minimum Gasteiger partial charge on any atom is -0.392 e. The molecular weight excluding hydrogens is 242 g/mol. The zero-order chi connectivity index (χ0) is 13.9. The van der Waals surface area contributed by atoms with Gasteiger partial charge in [0.1, 0.15) is 0 Å². The standard InChI is InChI=1S/C15H23NO3/c1-12-9-14(4-3-13(12)10-17)16(2)11-15(18)5-7-19-8-6-15/h3-4,9,17-18H,5-8,10-11H2,1-2H3. The van der Waals surface area contributed by atoms with Crippen molar-refractivity contribution in [2.24, 2.45) is 0 Å². The van der Waals surface area contributed by atoms with Gasteiger partial charge in [0.15, 0.2) is 0 Å². The largest absolute Gasteiger partial charge is 0.392 e. The van der Waals surface area contributed by atoms with E-state index in [1.807, 2.05) is 32.2 Å². The zero-order valence-electron chi connectivity index (χ0n) is 11.7. The number of aliphatic hydroxyl groups excluding tert-OH is 1. The van der Waals surface area contributed by atoms with Crippen LogP contribution >= 0.6 is 0 Å². The van der Waals surface area contributed by atoms with Gasteiger partial charge in [0.05, 0.1) is 12.2 Å². The van der Waals surface area contributed by atoms with E-state index in [4.69, 9.17) is 4.74 Å². The van der Waals surface area contributed by atoms with E-state index in [0.717, 1.165) is 16.8 Å². The molecule has 0 atom stereocenters. The molecule has 1 aromatic carbocycles. The second kappa shape index (κ2) is 5.90. The predicted molar refractivity (Wildman–Crippen MR) is 75.4 cm³/mol. The molecule has 0 aliphatic carbocycles. The van der Waals surface area contributed by atoms with Gasteiger partial charge in [-0.15, -0.1) is 0 Å². The fraction of sp³-hybridized carbons (Fsp3) is 0.600. The fourth-order valence-electron chi connectivity index (χ4n) is 2.54. The second-order valence-electron chi connectivity index (χ2n) is 5.46. The summed E-state index contributed by atoms with van der Waals surface area (Å²) in [5.41, 5.74) is 2.43. The molecule has 0 saturated carbocycles. The smallest absolute Gasteiger partial charge is 0.0865 e. The van der Waals surface area contributed by atoms with Crippen molar-refractivity contribution in [3.63, 3.8) is 0 Å². The Labute approximate surface area is 114 Å². The maximum Gasteiger partial charge on any atom is 0.0865 e. The van der Waals surface area contributed by atoms with Gasteiger partial charge in [-0.1, -0.05) is 6.07 Å². The molecule has 1 aliphatic rings. The first-order valence-corrected chi connectivity index (χ1v) is 6.76. The van der Waals surface area contributed by atoms with Crippen molar-refractivity contribution < 1.29 is 14.9 Å². The molecule has 0 unspecified atom stereocenters. The van der Waals surface area contributed by atoms with Crippen LogP contribution in [0.5, 0.6) is 0 Å². The summed E-state index contributed by atoms with van der Waals surface area (Å²) in [7, 11) is 1.99. The molecule has 1 saturated heterocycles. The molecule has 0 bridgehead atoms. The Balaban J connectivity index is 2.06. The van der Waals surface area contributed by atoms with Crippen LogP contribution in [0.25, 0.3) is 0 Å². The summed E-state index contributed by atoms with van der Waals surface area (Å²) >= 11 is 0. The van der Waals surface area contributed by atoms with Crippen LogP contribution < -0.4 is 4.90 Å². The van der Waals surface area contributed by atoms with E-state index in [2.05, 4.69) is 4.90 Å². The van der Waals surface area contributed by atoms with Gasteiger partial charge >= 0.3 is 0 Å². The quantitative estimate of drug-likeness (QED) is 0.865. The number of aliphatic hydroxyl groups is 2. The van der Waals surface area contributed by atoms with E-state index >= 15 is 0 Å². The third kappa shape index (κ3) is 3.47. The Kier molecular flexibility index (Phi) is 4.45. The summed E-state index contributed by atoms with van der Waals surface area (Å²) in [6.07, 6.45) is 1.37. The average Bonchev–Trinajstić information content (AvgIpc) is 2.39. The van der Waals surface area contributed by atoms with Gasteiger partial charge in [-0.25, -0.2) is 0 Å². The summed E-state index contributed by atoms with van der Waals surface area (Å²) in [5.74, 6) is 0. The first kappa shape index (κ1) is 14.3. The minimum absolute atomic E-state index is 0.0666. The molecule has 0 aromatic heterocycles. The monoisotopic (exact) mass is 265 g/mol. The van der Waals surface area contributed by atoms with Crippen molar-refractivity contribution in [2.45, 2.75) is 32.0 Å². The minimum atomic E-state index is -0.656. The van der Waals surface area contributed by atoms with E-state index in [1.165, 1.54) is 0 Å². The Morgan fingerprint density at radius 1 is 1.32 bits per heavy atom. The highest BCUT2D eigenvalue weighted by molar-refractivity contribution is 5.50. The van der Waals surface area contributed by atoms with Crippen molar-refractivity contribution in [1.82, 2.24) is 0 Å². The van der Waals surface area contributed by atoms with Crippen LogP contribution in [0.1, 0.15) is 24.0 Å². The van der Waals surface area contributed by atoms with Crippen LogP contribution in [0.3, 0.4) is 0 Å². The summed E-state index contributed by atoms with van der Waals surface area (Å²) in [6.45, 7) is 3.93. The topological polar surface area (TPSA) is 52.9 Å². The second-order valence-corrected chi connectivity index (χ2v) is 5.46. The van der Waals surface area contributed by atoms with Crippen molar-refractivity contribution in [3.8, 4) is 0 Å². The number of rotatable bonds is 4. The molecule has 1 aromatic rings. The molecule has 2 N–H and O–H groups in total. The van der Waals surface area contributed by atoms with Crippen molar-refractivity contribution in [2.75, 3.05) is 31.7 Å². The zero-order valence-corrected chi connectivity index (χ0v) is 11.7. The van der Waals surface area contributed by atoms with Crippen LogP contribution in [-0.4, -0.2) is 42.6 Å². The third-order valence-electron chi connectivity index (χ3n) is 3.89. The number of ether oxygens (including phenoxy) is 1. The number of likely N-dealkylation sites (N-methyl/N-ethyl adjacent to an activating group) is 1. The van der Waals surface area contributed by atoms with Gasteiger partial charge in [0, 0.05) is 45.3 Å². The van der Waals surface area contributed by atoms with Gasteiger partial charge in [-0.2, -0.15) is 0 Å². The maximum absolute atomic E-state index is 10.5. The normalized spacial score (nSPS) is 18.3. The van der Waals surface area contributed by atoms with Crippen LogP contribution in [-0.2, 0) is 11.3 Å². The van der Waals surface area contributed by atoms with Crippen molar-refractivity contribution in [3.05, 3.63) is 29.3 Å². The maximum atomic E-state index is 10.5. The molecule has 0 amide bonds. The first-order chi connectivity index (χ1) is 9.04. The molecule has 0 radical (unpaired) electrons. The summed E-state index contributed by atoms with van der Waals surface area (Å²) < 4.78 is 5.30. The molecule has 4 nitrogen and oxygen atoms in total. The molecule has 4 heteroatoms. The molecule has 1 aliphatic heterocycles. The fourth-order valence-corrected chi connectivity index (χ4v) is 2.54. The van der Waals surface area contributed by atoms with Crippen LogP contribution in [0, 0.1) is 6.92 Å². The Morgan fingerprint density at radius 2 is 2.00 bits per heavy atom. The number of nitrogens with zero attached hydrogens (tertiary/aromatic N) is 1. The molecular formula is C15H23NO3. The lowest BCUT2D eigenvalue weighted by molar-refractivity contribution is -0.0572. The summed E-state index contributed by atoms with van der Waals surface area (Å²) in [5, 5.41) is 19.7. The van der Waals surface area contributed by atoms with Gasteiger partial charge in [-0.3, -0.25) is 0 Å². The number of aryl methyl sites for hydroxylation is 1. The SMILES string of the molecule is Cc1cc(N(C)CC2(O)CCOCC2)ccc1CO. The lowest BCUT2D eigenvalue weighted by Crippen LogP contribution is -2.45. The Bertz CT molecular complexity index is 427. The Morgan fingerprint density at radius 3 is 2.58 bits per heavy atom. The average molecular weight is 265 g/mol.